The number of imide groups is 1. The van der Waals surface area contributed by atoms with Crippen molar-refractivity contribution in [3.8, 4) is 22.8 Å². The molecule has 0 aliphatic carbocycles. The fourth-order valence-electron chi connectivity index (χ4n) is 3.22. The molecular formula is C24H21N3O3S. The van der Waals surface area contributed by atoms with Crippen molar-refractivity contribution in [3.05, 3.63) is 70.7 Å². The van der Waals surface area contributed by atoms with E-state index in [2.05, 4.69) is 36.0 Å². The molecule has 31 heavy (non-hydrogen) atoms. The van der Waals surface area contributed by atoms with E-state index < -0.39 is 6.04 Å². The van der Waals surface area contributed by atoms with Gasteiger partial charge in [0.25, 0.3) is 17.0 Å². The van der Waals surface area contributed by atoms with Gasteiger partial charge in [-0.1, -0.05) is 35.3 Å². The van der Waals surface area contributed by atoms with E-state index in [-0.39, 0.29) is 11.8 Å². The van der Waals surface area contributed by atoms with E-state index in [0.29, 0.717) is 33.0 Å². The second-order valence-corrected chi connectivity index (χ2v) is 8.38. The van der Waals surface area contributed by atoms with E-state index in [1.807, 2.05) is 24.3 Å². The Hall–Kier alpha value is -3.63. The van der Waals surface area contributed by atoms with E-state index in [0.717, 1.165) is 5.69 Å². The maximum Gasteiger partial charge on any atom is 0.279 e. The first-order valence-corrected chi connectivity index (χ1v) is 10.7. The quantitative estimate of drug-likeness (QED) is 0.464. The number of nitrogens with one attached hydrogen (secondary N) is 1. The maximum absolute atomic E-state index is 12.6. The number of hydrogen-bond acceptors (Lipinski definition) is 6. The highest BCUT2D eigenvalue weighted by atomic mass is 32.1. The lowest BCUT2D eigenvalue weighted by atomic mass is 10.1. The van der Waals surface area contributed by atoms with Crippen LogP contribution in [-0.2, 0) is 0 Å². The summed E-state index contributed by atoms with van der Waals surface area (Å²) in [7, 11) is 0. The molecule has 0 saturated heterocycles. The van der Waals surface area contributed by atoms with Crippen LogP contribution in [0.25, 0.3) is 0 Å². The molecule has 2 aromatic carbocycles. The summed E-state index contributed by atoms with van der Waals surface area (Å²) in [5.41, 5.74) is 1.86. The number of fused-ring (bicyclic) bond motifs is 1. The SMILES string of the molecule is CC(C)Nc1ccc(Oc2ncc(C#CC(C)N3C(=O)c4ccccc4C3=O)s2)cc1. The topological polar surface area (TPSA) is 71.5 Å². The minimum absolute atomic E-state index is 0.314. The second kappa shape index (κ2) is 8.62. The second-order valence-electron chi connectivity index (χ2n) is 7.39. The zero-order valence-electron chi connectivity index (χ0n) is 17.4. The van der Waals surface area contributed by atoms with Crippen LogP contribution in [0.3, 0.4) is 0 Å². The Morgan fingerprint density at radius 2 is 1.65 bits per heavy atom. The number of hydrogen-bond donors (Lipinski definition) is 1. The van der Waals surface area contributed by atoms with Crippen molar-refractivity contribution in [1.82, 2.24) is 9.88 Å². The van der Waals surface area contributed by atoms with Gasteiger partial charge in [0.15, 0.2) is 0 Å². The average molecular weight is 432 g/mol. The molecule has 0 spiro atoms. The molecule has 1 aromatic heterocycles. The fourth-order valence-corrected chi connectivity index (χ4v) is 3.86. The van der Waals surface area contributed by atoms with Crippen molar-refractivity contribution in [2.75, 3.05) is 5.32 Å². The number of nitrogens with zero attached hydrogens (tertiary/aromatic N) is 2. The molecule has 6 nitrogen and oxygen atoms in total. The van der Waals surface area contributed by atoms with E-state index in [9.17, 15) is 9.59 Å². The Kier molecular flexibility index (Phi) is 5.74. The summed E-state index contributed by atoms with van der Waals surface area (Å²) in [5.74, 6) is 6.03. The van der Waals surface area contributed by atoms with Gasteiger partial charge in [-0.3, -0.25) is 14.5 Å². The van der Waals surface area contributed by atoms with Gasteiger partial charge in [-0.2, -0.15) is 0 Å². The van der Waals surface area contributed by atoms with Gasteiger partial charge in [0, 0.05) is 11.7 Å². The van der Waals surface area contributed by atoms with Gasteiger partial charge in [0.1, 0.15) is 10.6 Å². The van der Waals surface area contributed by atoms with Gasteiger partial charge in [-0.15, -0.1) is 0 Å². The highest BCUT2D eigenvalue weighted by molar-refractivity contribution is 7.13. The predicted molar refractivity (Wildman–Crippen MR) is 121 cm³/mol. The average Bonchev–Trinajstić information content (AvgIpc) is 3.30. The molecule has 2 heterocycles. The van der Waals surface area contributed by atoms with Gasteiger partial charge >= 0.3 is 0 Å². The molecule has 7 heteroatoms. The summed E-state index contributed by atoms with van der Waals surface area (Å²) >= 11 is 1.31. The van der Waals surface area contributed by atoms with Crippen LogP contribution in [0.4, 0.5) is 5.69 Å². The number of aromatic nitrogens is 1. The normalized spacial score (nSPS) is 13.6. The van der Waals surface area contributed by atoms with Crippen molar-refractivity contribution in [2.24, 2.45) is 0 Å². The molecule has 0 saturated carbocycles. The van der Waals surface area contributed by atoms with E-state index in [4.69, 9.17) is 4.74 Å². The molecule has 2 amide bonds. The standard InChI is InChI=1S/C24H21N3O3S/c1-15(2)26-17-9-11-18(12-10-17)30-24-25-14-19(31-24)13-8-16(3)27-22(28)20-6-4-5-7-21(20)23(27)29/h4-7,9-12,14-16,26H,1-3H3. The van der Waals surface area contributed by atoms with Crippen LogP contribution in [0.2, 0.25) is 0 Å². The first-order chi connectivity index (χ1) is 14.9. The molecule has 1 atom stereocenters. The number of thiazole rings is 1. The number of ether oxygens (including phenoxy) is 1. The molecule has 4 rings (SSSR count). The molecule has 1 unspecified atom stereocenters. The van der Waals surface area contributed by atoms with Gasteiger partial charge in [-0.25, -0.2) is 4.98 Å². The smallest absolute Gasteiger partial charge is 0.279 e. The summed E-state index contributed by atoms with van der Waals surface area (Å²) in [4.78, 5) is 31.2. The van der Waals surface area contributed by atoms with Gasteiger partial charge in [0.2, 0.25) is 0 Å². The largest absolute Gasteiger partial charge is 0.431 e. The minimum Gasteiger partial charge on any atom is -0.431 e. The van der Waals surface area contributed by atoms with E-state index in [1.54, 1.807) is 37.4 Å². The van der Waals surface area contributed by atoms with Crippen LogP contribution in [0.15, 0.2) is 54.7 Å². The van der Waals surface area contributed by atoms with Crippen molar-refractivity contribution >= 4 is 28.8 Å². The van der Waals surface area contributed by atoms with Crippen molar-refractivity contribution in [2.45, 2.75) is 32.9 Å². The zero-order chi connectivity index (χ0) is 22.0. The Labute approximate surface area is 184 Å². The lowest BCUT2D eigenvalue weighted by Gasteiger charge is -2.17. The molecule has 1 N–H and O–H groups in total. The lowest BCUT2D eigenvalue weighted by molar-refractivity contribution is 0.0630. The number of carbonyl (C=O) groups is 2. The third kappa shape index (κ3) is 4.44. The van der Waals surface area contributed by atoms with Gasteiger partial charge in [-0.05, 0) is 57.2 Å². The summed E-state index contributed by atoms with van der Waals surface area (Å²) < 4.78 is 5.80. The summed E-state index contributed by atoms with van der Waals surface area (Å²) in [5, 5.41) is 3.80. The first-order valence-electron chi connectivity index (χ1n) is 9.91. The van der Waals surface area contributed by atoms with Crippen LogP contribution < -0.4 is 10.1 Å². The van der Waals surface area contributed by atoms with Crippen LogP contribution in [0.1, 0.15) is 46.4 Å². The van der Waals surface area contributed by atoms with Gasteiger partial charge in [0.05, 0.1) is 23.4 Å². The van der Waals surface area contributed by atoms with Crippen molar-refractivity contribution in [3.63, 3.8) is 0 Å². The lowest BCUT2D eigenvalue weighted by Crippen LogP contribution is -2.37. The Morgan fingerprint density at radius 3 is 2.26 bits per heavy atom. The van der Waals surface area contributed by atoms with Crippen molar-refractivity contribution in [1.29, 1.82) is 0 Å². The third-order valence-corrected chi connectivity index (χ3v) is 5.41. The first kappa shape index (κ1) is 20.6. The number of benzene rings is 2. The fraction of sp³-hybridized carbons (Fsp3) is 0.208. The Balaban J connectivity index is 1.42. The molecule has 0 fully saturated rings. The Bertz CT molecular complexity index is 1150. The number of rotatable bonds is 5. The predicted octanol–water partition coefficient (Wildman–Crippen LogP) is 4.79. The minimum atomic E-state index is -0.556. The molecule has 0 bridgehead atoms. The molecule has 156 valence electrons. The molecule has 0 radical (unpaired) electrons. The van der Waals surface area contributed by atoms with Crippen LogP contribution in [0.5, 0.6) is 10.9 Å². The van der Waals surface area contributed by atoms with Crippen LogP contribution in [0, 0.1) is 11.8 Å². The van der Waals surface area contributed by atoms with Crippen LogP contribution >= 0.6 is 11.3 Å². The van der Waals surface area contributed by atoms with Gasteiger partial charge < -0.3 is 10.1 Å². The summed E-state index contributed by atoms with van der Waals surface area (Å²) in [6.45, 7) is 5.90. The molecule has 1 aliphatic rings. The molecular weight excluding hydrogens is 410 g/mol. The van der Waals surface area contributed by atoms with Crippen LogP contribution in [-0.4, -0.2) is 33.8 Å². The van der Waals surface area contributed by atoms with E-state index >= 15 is 0 Å². The summed E-state index contributed by atoms with van der Waals surface area (Å²) in [6.07, 6.45) is 1.62. The maximum atomic E-state index is 12.6. The highest BCUT2D eigenvalue weighted by Gasteiger charge is 2.37. The zero-order valence-corrected chi connectivity index (χ0v) is 18.2. The van der Waals surface area contributed by atoms with Crippen molar-refractivity contribution < 1.29 is 14.3 Å². The monoisotopic (exact) mass is 431 g/mol. The highest BCUT2D eigenvalue weighted by Crippen LogP contribution is 2.28. The molecule has 3 aromatic rings. The number of anilines is 1. The Morgan fingerprint density at radius 1 is 1.00 bits per heavy atom. The number of carbonyl (C=O) groups excluding carboxylic acids is 2. The number of amides is 2. The van der Waals surface area contributed by atoms with E-state index in [1.165, 1.54) is 16.2 Å². The summed E-state index contributed by atoms with van der Waals surface area (Å²) in [6, 6.07) is 14.3. The molecule has 1 aliphatic heterocycles. The third-order valence-electron chi connectivity index (χ3n) is 4.62.